The van der Waals surface area contributed by atoms with Gasteiger partial charge >= 0.3 is 0 Å². The molecule has 0 radical (unpaired) electrons. The predicted octanol–water partition coefficient (Wildman–Crippen LogP) is 3.05. The summed E-state index contributed by atoms with van der Waals surface area (Å²) in [5, 5.41) is 11.8. The van der Waals surface area contributed by atoms with Crippen molar-refractivity contribution in [3.05, 3.63) is 58.6 Å². The van der Waals surface area contributed by atoms with E-state index in [4.69, 9.17) is 22.6 Å². The van der Waals surface area contributed by atoms with Gasteiger partial charge in [-0.1, -0.05) is 23.7 Å². The molecule has 0 heterocycles. The minimum Gasteiger partial charge on any atom is -0.397 e. The number of hydrogen-bond donors (Lipinski definition) is 2. The molecular weight excluding hydrogens is 262 g/mol. The van der Waals surface area contributed by atoms with Crippen LogP contribution < -0.4 is 11.1 Å². The number of carbonyl (C=O) groups excluding carboxylic acids is 1. The van der Waals surface area contributed by atoms with Crippen LogP contribution in [0.3, 0.4) is 0 Å². The van der Waals surface area contributed by atoms with Gasteiger partial charge in [-0.2, -0.15) is 5.26 Å². The van der Waals surface area contributed by atoms with E-state index < -0.39 is 0 Å². The number of nitrogens with zero attached hydrogens (tertiary/aromatic N) is 1. The number of rotatable bonds is 2. The molecular formula is C14H10ClN3O. The Morgan fingerprint density at radius 1 is 1.26 bits per heavy atom. The Kier molecular flexibility index (Phi) is 3.69. The molecule has 1 amide bonds. The first-order chi connectivity index (χ1) is 9.11. The normalized spacial score (nSPS) is 9.68. The van der Waals surface area contributed by atoms with Crippen molar-refractivity contribution in [2.24, 2.45) is 0 Å². The standard InChI is InChI=1S/C14H10ClN3O/c15-12-6-2-5-11(13(12)17)14(19)18-10-4-1-3-9(7-10)8-16/h1-7H,17H2,(H,18,19). The van der Waals surface area contributed by atoms with Crippen LogP contribution in [0.25, 0.3) is 0 Å². The Balaban J connectivity index is 2.26. The second kappa shape index (κ2) is 5.42. The van der Waals surface area contributed by atoms with E-state index in [1.807, 2.05) is 6.07 Å². The van der Waals surface area contributed by atoms with Gasteiger partial charge in [0.2, 0.25) is 0 Å². The van der Waals surface area contributed by atoms with E-state index in [1.165, 1.54) is 0 Å². The van der Waals surface area contributed by atoms with Crippen molar-refractivity contribution in [2.75, 3.05) is 11.1 Å². The SMILES string of the molecule is N#Cc1cccc(NC(=O)c2cccc(Cl)c2N)c1. The van der Waals surface area contributed by atoms with Gasteiger partial charge < -0.3 is 11.1 Å². The van der Waals surface area contributed by atoms with Crippen molar-refractivity contribution < 1.29 is 4.79 Å². The highest BCUT2D eigenvalue weighted by molar-refractivity contribution is 6.34. The Morgan fingerprint density at radius 2 is 2.00 bits per heavy atom. The highest BCUT2D eigenvalue weighted by Crippen LogP contribution is 2.23. The summed E-state index contributed by atoms with van der Waals surface area (Å²) in [5.74, 6) is -0.366. The predicted molar refractivity (Wildman–Crippen MR) is 75.0 cm³/mol. The van der Waals surface area contributed by atoms with Crippen molar-refractivity contribution in [1.82, 2.24) is 0 Å². The van der Waals surface area contributed by atoms with Gasteiger partial charge in [0, 0.05) is 5.69 Å². The van der Waals surface area contributed by atoms with Gasteiger partial charge in [0.25, 0.3) is 5.91 Å². The first kappa shape index (κ1) is 12.9. The van der Waals surface area contributed by atoms with Gasteiger partial charge in [-0.3, -0.25) is 4.79 Å². The van der Waals surface area contributed by atoms with Crippen LogP contribution in [0.15, 0.2) is 42.5 Å². The zero-order valence-electron chi connectivity index (χ0n) is 9.85. The fourth-order valence-corrected chi connectivity index (χ4v) is 1.77. The van der Waals surface area contributed by atoms with E-state index in [1.54, 1.807) is 42.5 Å². The minimum absolute atomic E-state index is 0.234. The number of nitriles is 1. The molecule has 2 aromatic rings. The summed E-state index contributed by atoms with van der Waals surface area (Å²) in [5.41, 5.74) is 7.28. The Morgan fingerprint density at radius 3 is 2.74 bits per heavy atom. The lowest BCUT2D eigenvalue weighted by atomic mass is 10.1. The summed E-state index contributed by atoms with van der Waals surface area (Å²) < 4.78 is 0. The summed E-state index contributed by atoms with van der Waals surface area (Å²) in [6.07, 6.45) is 0. The maximum atomic E-state index is 12.1. The largest absolute Gasteiger partial charge is 0.397 e. The fourth-order valence-electron chi connectivity index (χ4n) is 1.60. The molecule has 0 aliphatic heterocycles. The van der Waals surface area contributed by atoms with Crippen LogP contribution in [0.4, 0.5) is 11.4 Å². The van der Waals surface area contributed by atoms with Crippen molar-refractivity contribution in [1.29, 1.82) is 5.26 Å². The number of amides is 1. The van der Waals surface area contributed by atoms with E-state index in [0.717, 1.165) is 0 Å². The molecule has 4 nitrogen and oxygen atoms in total. The van der Waals surface area contributed by atoms with Crippen molar-refractivity contribution in [3.63, 3.8) is 0 Å². The monoisotopic (exact) mass is 271 g/mol. The van der Waals surface area contributed by atoms with Crippen LogP contribution in [-0.4, -0.2) is 5.91 Å². The quantitative estimate of drug-likeness (QED) is 0.824. The van der Waals surface area contributed by atoms with Crippen molar-refractivity contribution in [2.45, 2.75) is 0 Å². The lowest BCUT2D eigenvalue weighted by Crippen LogP contribution is -2.14. The molecule has 19 heavy (non-hydrogen) atoms. The van der Waals surface area contributed by atoms with Crippen LogP contribution in [0.5, 0.6) is 0 Å². The molecule has 0 aliphatic carbocycles. The third-order valence-electron chi connectivity index (χ3n) is 2.55. The van der Waals surface area contributed by atoms with Crippen LogP contribution >= 0.6 is 11.6 Å². The van der Waals surface area contributed by atoms with Crippen LogP contribution in [-0.2, 0) is 0 Å². The molecule has 3 N–H and O–H groups in total. The fraction of sp³-hybridized carbons (Fsp3) is 0. The first-order valence-electron chi connectivity index (χ1n) is 5.47. The molecule has 2 rings (SSSR count). The molecule has 0 aromatic heterocycles. The second-order valence-electron chi connectivity index (χ2n) is 3.85. The van der Waals surface area contributed by atoms with E-state index in [2.05, 4.69) is 5.32 Å². The third-order valence-corrected chi connectivity index (χ3v) is 2.88. The number of nitrogens with one attached hydrogen (secondary N) is 1. The lowest BCUT2D eigenvalue weighted by molar-refractivity contribution is 0.102. The first-order valence-corrected chi connectivity index (χ1v) is 5.85. The highest BCUT2D eigenvalue weighted by Gasteiger charge is 2.11. The van der Waals surface area contributed by atoms with Gasteiger partial charge in [-0.05, 0) is 30.3 Å². The summed E-state index contributed by atoms with van der Waals surface area (Å²) in [7, 11) is 0. The topological polar surface area (TPSA) is 78.9 Å². The van der Waals surface area contributed by atoms with Crippen molar-refractivity contribution >= 4 is 28.9 Å². The maximum absolute atomic E-state index is 12.1. The minimum atomic E-state index is -0.366. The summed E-state index contributed by atoms with van der Waals surface area (Å²) in [6, 6.07) is 13.5. The molecule has 5 heteroatoms. The smallest absolute Gasteiger partial charge is 0.257 e. The van der Waals surface area contributed by atoms with Gasteiger partial charge in [-0.15, -0.1) is 0 Å². The molecule has 0 fully saturated rings. The Hall–Kier alpha value is -2.51. The van der Waals surface area contributed by atoms with E-state index in [9.17, 15) is 4.79 Å². The number of halogens is 1. The van der Waals surface area contributed by atoms with Gasteiger partial charge in [0.15, 0.2) is 0 Å². The van der Waals surface area contributed by atoms with Crippen LogP contribution in [0, 0.1) is 11.3 Å². The van der Waals surface area contributed by atoms with E-state index >= 15 is 0 Å². The summed E-state index contributed by atoms with van der Waals surface area (Å²) in [4.78, 5) is 12.1. The van der Waals surface area contributed by atoms with Gasteiger partial charge in [0.1, 0.15) is 0 Å². The summed E-state index contributed by atoms with van der Waals surface area (Å²) >= 11 is 5.86. The molecule has 0 atom stereocenters. The Labute approximate surface area is 115 Å². The number of benzene rings is 2. The third kappa shape index (κ3) is 2.84. The maximum Gasteiger partial charge on any atom is 0.257 e. The molecule has 0 spiro atoms. The molecule has 0 unspecified atom stereocenters. The molecule has 0 bridgehead atoms. The number of carbonyl (C=O) groups is 1. The van der Waals surface area contributed by atoms with E-state index in [-0.39, 0.29) is 11.6 Å². The van der Waals surface area contributed by atoms with Crippen LogP contribution in [0.1, 0.15) is 15.9 Å². The second-order valence-corrected chi connectivity index (χ2v) is 4.26. The number of nitrogens with two attached hydrogens (primary N) is 1. The number of hydrogen-bond acceptors (Lipinski definition) is 3. The van der Waals surface area contributed by atoms with Crippen molar-refractivity contribution in [3.8, 4) is 6.07 Å². The van der Waals surface area contributed by atoms with Gasteiger partial charge in [-0.25, -0.2) is 0 Å². The number of nitrogen functional groups attached to an aromatic ring is 1. The van der Waals surface area contributed by atoms with Crippen LogP contribution in [0.2, 0.25) is 5.02 Å². The molecule has 0 aliphatic rings. The average molecular weight is 272 g/mol. The molecule has 94 valence electrons. The molecule has 0 saturated heterocycles. The Bertz CT molecular complexity index is 677. The number of para-hydroxylation sites is 1. The van der Waals surface area contributed by atoms with E-state index in [0.29, 0.717) is 21.8 Å². The van der Waals surface area contributed by atoms with Gasteiger partial charge in [0.05, 0.1) is 27.9 Å². The zero-order chi connectivity index (χ0) is 13.8. The molecule has 0 saturated carbocycles. The number of anilines is 2. The molecule has 2 aromatic carbocycles. The highest BCUT2D eigenvalue weighted by atomic mass is 35.5. The zero-order valence-corrected chi connectivity index (χ0v) is 10.6. The lowest BCUT2D eigenvalue weighted by Gasteiger charge is -2.08. The summed E-state index contributed by atoms with van der Waals surface area (Å²) in [6.45, 7) is 0. The average Bonchev–Trinajstić information content (AvgIpc) is 2.42.